The topological polar surface area (TPSA) is 55.9 Å². The number of hydrazine groups is 1. The van der Waals surface area contributed by atoms with Gasteiger partial charge in [0.25, 0.3) is 0 Å². The van der Waals surface area contributed by atoms with E-state index in [1.54, 1.807) is 0 Å². The average molecular weight is 236 g/mol. The van der Waals surface area contributed by atoms with Crippen molar-refractivity contribution in [3.05, 3.63) is 17.5 Å². The van der Waals surface area contributed by atoms with E-state index in [1.165, 1.54) is 49.8 Å². The zero-order valence-electron chi connectivity index (χ0n) is 10.9. The van der Waals surface area contributed by atoms with Crippen LogP contribution in [-0.4, -0.2) is 9.78 Å². The number of nitrogens with two attached hydrogens (primary N) is 1. The van der Waals surface area contributed by atoms with Gasteiger partial charge in [-0.3, -0.25) is 16.0 Å². The number of hydrogen-bond donors (Lipinski definition) is 2. The van der Waals surface area contributed by atoms with Gasteiger partial charge in [0.05, 0.1) is 12.2 Å². The molecule has 1 fully saturated rings. The molecule has 2 rings (SSSR count). The van der Waals surface area contributed by atoms with Crippen LogP contribution in [0.5, 0.6) is 0 Å². The lowest BCUT2D eigenvalue weighted by molar-refractivity contribution is 0.328. The van der Waals surface area contributed by atoms with Gasteiger partial charge in [-0.1, -0.05) is 25.7 Å². The third-order valence-corrected chi connectivity index (χ3v) is 4.16. The van der Waals surface area contributed by atoms with E-state index in [4.69, 9.17) is 5.84 Å². The summed E-state index contributed by atoms with van der Waals surface area (Å²) in [6.45, 7) is 2.11. The highest BCUT2D eigenvalue weighted by molar-refractivity contribution is 5.21. The lowest BCUT2D eigenvalue weighted by atomic mass is 9.88. The smallest absolute Gasteiger partial charge is 0.0540 e. The lowest BCUT2D eigenvalue weighted by Crippen LogP contribution is -2.33. The Morgan fingerprint density at radius 1 is 1.35 bits per heavy atom. The highest BCUT2D eigenvalue weighted by Crippen LogP contribution is 2.34. The third kappa shape index (κ3) is 2.69. The van der Waals surface area contributed by atoms with E-state index in [-0.39, 0.29) is 6.04 Å². The monoisotopic (exact) mass is 236 g/mol. The third-order valence-electron chi connectivity index (χ3n) is 4.16. The van der Waals surface area contributed by atoms with Crippen molar-refractivity contribution in [1.29, 1.82) is 0 Å². The van der Waals surface area contributed by atoms with Gasteiger partial charge in [-0.2, -0.15) is 5.10 Å². The molecular formula is C13H24N4. The summed E-state index contributed by atoms with van der Waals surface area (Å²) in [4.78, 5) is 0. The van der Waals surface area contributed by atoms with Gasteiger partial charge >= 0.3 is 0 Å². The second-order valence-corrected chi connectivity index (χ2v) is 5.20. The highest BCUT2D eigenvalue weighted by atomic mass is 15.3. The van der Waals surface area contributed by atoms with Gasteiger partial charge in [-0.05, 0) is 25.7 Å². The average Bonchev–Trinajstić information content (AvgIpc) is 2.59. The molecule has 4 nitrogen and oxygen atoms in total. The number of nitrogens with one attached hydrogen (secondary N) is 1. The summed E-state index contributed by atoms with van der Waals surface area (Å²) in [5, 5.41) is 4.32. The normalized spacial score (nSPS) is 20.2. The molecule has 4 heteroatoms. The van der Waals surface area contributed by atoms with Gasteiger partial charge in [-0.15, -0.1) is 0 Å². The highest BCUT2D eigenvalue weighted by Gasteiger charge is 2.25. The van der Waals surface area contributed by atoms with Crippen LogP contribution in [0.1, 0.15) is 55.8 Å². The SMILES string of the molecule is Cc1c(C(NN)C2CCCCCC2)cnn1C. The Kier molecular flexibility index (Phi) is 4.18. The number of aromatic nitrogens is 2. The van der Waals surface area contributed by atoms with Gasteiger partial charge in [0.1, 0.15) is 0 Å². The molecule has 1 aliphatic carbocycles. The van der Waals surface area contributed by atoms with Crippen LogP contribution < -0.4 is 11.3 Å². The molecule has 0 aromatic carbocycles. The quantitative estimate of drug-likeness (QED) is 0.480. The fourth-order valence-electron chi connectivity index (χ4n) is 2.95. The molecule has 1 atom stereocenters. The second-order valence-electron chi connectivity index (χ2n) is 5.20. The maximum Gasteiger partial charge on any atom is 0.0540 e. The van der Waals surface area contributed by atoms with Crippen LogP contribution in [-0.2, 0) is 7.05 Å². The van der Waals surface area contributed by atoms with Crippen molar-refractivity contribution in [1.82, 2.24) is 15.2 Å². The summed E-state index contributed by atoms with van der Waals surface area (Å²) in [6, 6.07) is 0.266. The molecule has 0 aliphatic heterocycles. The molecule has 1 aromatic heterocycles. The minimum Gasteiger partial charge on any atom is -0.273 e. The Hall–Kier alpha value is -0.870. The summed E-state index contributed by atoms with van der Waals surface area (Å²) in [5.74, 6) is 6.44. The van der Waals surface area contributed by atoms with Gasteiger partial charge in [0.2, 0.25) is 0 Å². The zero-order chi connectivity index (χ0) is 12.3. The van der Waals surface area contributed by atoms with Crippen molar-refractivity contribution < 1.29 is 0 Å². The van der Waals surface area contributed by atoms with Crippen LogP contribution >= 0.6 is 0 Å². The van der Waals surface area contributed by atoms with Gasteiger partial charge in [0.15, 0.2) is 0 Å². The molecule has 1 aliphatic rings. The van der Waals surface area contributed by atoms with Crippen molar-refractivity contribution in [2.45, 2.75) is 51.5 Å². The molecule has 1 heterocycles. The number of aryl methyl sites for hydroxylation is 1. The summed E-state index contributed by atoms with van der Waals surface area (Å²) >= 11 is 0. The number of nitrogens with zero attached hydrogens (tertiary/aromatic N) is 2. The maximum absolute atomic E-state index is 5.78. The van der Waals surface area contributed by atoms with Crippen molar-refractivity contribution in [2.75, 3.05) is 0 Å². The van der Waals surface area contributed by atoms with E-state index in [1.807, 2.05) is 17.9 Å². The van der Waals surface area contributed by atoms with Crippen molar-refractivity contribution in [3.63, 3.8) is 0 Å². The predicted molar refractivity (Wildman–Crippen MR) is 69.2 cm³/mol. The largest absolute Gasteiger partial charge is 0.273 e. The molecule has 1 unspecified atom stereocenters. The van der Waals surface area contributed by atoms with E-state index in [2.05, 4.69) is 17.4 Å². The predicted octanol–water partition coefficient (Wildman–Crippen LogP) is 2.20. The van der Waals surface area contributed by atoms with E-state index in [9.17, 15) is 0 Å². The van der Waals surface area contributed by atoms with Crippen LogP contribution in [0.3, 0.4) is 0 Å². The molecule has 17 heavy (non-hydrogen) atoms. The Labute approximate surface area is 104 Å². The number of rotatable bonds is 3. The van der Waals surface area contributed by atoms with Crippen LogP contribution in [0.25, 0.3) is 0 Å². The first-order valence-electron chi connectivity index (χ1n) is 6.68. The van der Waals surface area contributed by atoms with Gasteiger partial charge in [0, 0.05) is 18.3 Å². The van der Waals surface area contributed by atoms with Crippen LogP contribution in [0.2, 0.25) is 0 Å². The first kappa shape index (κ1) is 12.6. The van der Waals surface area contributed by atoms with E-state index >= 15 is 0 Å². The molecule has 1 aromatic rings. The van der Waals surface area contributed by atoms with Crippen molar-refractivity contribution >= 4 is 0 Å². The number of hydrogen-bond acceptors (Lipinski definition) is 3. The molecule has 3 N–H and O–H groups in total. The molecule has 0 amide bonds. The van der Waals surface area contributed by atoms with Gasteiger partial charge in [-0.25, -0.2) is 0 Å². The zero-order valence-corrected chi connectivity index (χ0v) is 10.9. The van der Waals surface area contributed by atoms with Gasteiger partial charge < -0.3 is 0 Å². The molecule has 0 spiro atoms. The molecule has 96 valence electrons. The molecule has 1 saturated carbocycles. The molecule has 0 saturated heterocycles. The lowest BCUT2D eigenvalue weighted by Gasteiger charge is -2.25. The van der Waals surface area contributed by atoms with Crippen LogP contribution in [0.15, 0.2) is 6.20 Å². The minimum absolute atomic E-state index is 0.266. The molecular weight excluding hydrogens is 212 g/mol. The summed E-state index contributed by atoms with van der Waals surface area (Å²) in [7, 11) is 1.99. The maximum atomic E-state index is 5.78. The second kappa shape index (κ2) is 5.65. The Morgan fingerprint density at radius 2 is 2.00 bits per heavy atom. The Bertz CT molecular complexity index is 350. The first-order chi connectivity index (χ1) is 8.24. The van der Waals surface area contributed by atoms with E-state index in [0.29, 0.717) is 5.92 Å². The standard InChI is InChI=1S/C13H24N4/c1-10-12(9-15-17(10)2)13(16-14)11-7-5-3-4-6-8-11/h9,11,13,16H,3-8,14H2,1-2H3. The minimum atomic E-state index is 0.266. The Morgan fingerprint density at radius 3 is 2.47 bits per heavy atom. The van der Waals surface area contributed by atoms with E-state index in [0.717, 1.165) is 0 Å². The molecule has 0 radical (unpaired) electrons. The summed E-state index contributed by atoms with van der Waals surface area (Å²) in [5.41, 5.74) is 5.50. The van der Waals surface area contributed by atoms with Crippen LogP contribution in [0, 0.1) is 12.8 Å². The van der Waals surface area contributed by atoms with Crippen molar-refractivity contribution in [2.24, 2.45) is 18.8 Å². The first-order valence-corrected chi connectivity index (χ1v) is 6.68. The summed E-state index contributed by atoms with van der Waals surface area (Å²) < 4.78 is 1.93. The Balaban J connectivity index is 2.17. The van der Waals surface area contributed by atoms with E-state index < -0.39 is 0 Å². The van der Waals surface area contributed by atoms with Crippen LogP contribution in [0.4, 0.5) is 0 Å². The fraction of sp³-hybridized carbons (Fsp3) is 0.769. The molecule has 0 bridgehead atoms. The van der Waals surface area contributed by atoms with Crippen molar-refractivity contribution in [3.8, 4) is 0 Å². The fourth-order valence-corrected chi connectivity index (χ4v) is 2.95. The summed E-state index contributed by atoms with van der Waals surface area (Å²) in [6.07, 6.45) is 9.95.